The van der Waals surface area contributed by atoms with Crippen molar-refractivity contribution in [3.63, 3.8) is 0 Å². The lowest BCUT2D eigenvalue weighted by Crippen LogP contribution is -2.19. The van der Waals surface area contributed by atoms with Crippen molar-refractivity contribution < 1.29 is 14.3 Å². The van der Waals surface area contributed by atoms with E-state index >= 15 is 0 Å². The molecule has 0 spiro atoms. The molecular formula is C20H23N5O3. The Morgan fingerprint density at radius 3 is 3.04 bits per heavy atom. The van der Waals surface area contributed by atoms with E-state index in [0.717, 1.165) is 25.1 Å². The first-order chi connectivity index (χ1) is 13.6. The van der Waals surface area contributed by atoms with E-state index in [2.05, 4.69) is 20.4 Å². The van der Waals surface area contributed by atoms with Gasteiger partial charge in [0.05, 0.1) is 17.5 Å². The molecule has 2 aromatic heterocycles. The van der Waals surface area contributed by atoms with Crippen LogP contribution in [0.1, 0.15) is 48.8 Å². The van der Waals surface area contributed by atoms with Gasteiger partial charge in [0.1, 0.15) is 24.4 Å². The molecule has 1 amide bonds. The van der Waals surface area contributed by atoms with E-state index < -0.39 is 0 Å². The van der Waals surface area contributed by atoms with Gasteiger partial charge < -0.3 is 14.8 Å². The third kappa shape index (κ3) is 3.82. The monoisotopic (exact) mass is 381 g/mol. The van der Waals surface area contributed by atoms with E-state index in [-0.39, 0.29) is 23.6 Å². The third-order valence-corrected chi connectivity index (χ3v) is 4.69. The molecule has 8 nitrogen and oxygen atoms in total. The Morgan fingerprint density at radius 2 is 2.25 bits per heavy atom. The van der Waals surface area contributed by atoms with E-state index in [1.54, 1.807) is 10.6 Å². The minimum Gasteiger partial charge on any atom is -0.489 e. The van der Waals surface area contributed by atoms with Crippen molar-refractivity contribution in [3.05, 3.63) is 48.0 Å². The van der Waals surface area contributed by atoms with Gasteiger partial charge in [-0.1, -0.05) is 26.0 Å². The molecule has 0 aliphatic carbocycles. The average molecular weight is 381 g/mol. The molecule has 0 bridgehead atoms. The number of ether oxygens (including phenoxy) is 2. The minimum absolute atomic E-state index is 0.106. The number of hydrogen-bond acceptors (Lipinski definition) is 6. The Kier molecular flexibility index (Phi) is 5.21. The Balaban J connectivity index is 1.54. The first-order valence-corrected chi connectivity index (χ1v) is 9.47. The van der Waals surface area contributed by atoms with Crippen LogP contribution in [-0.4, -0.2) is 44.8 Å². The van der Waals surface area contributed by atoms with Gasteiger partial charge in [0.2, 0.25) is 0 Å². The van der Waals surface area contributed by atoms with Crippen LogP contribution in [0.3, 0.4) is 0 Å². The molecule has 1 saturated heterocycles. The van der Waals surface area contributed by atoms with Crippen LogP contribution in [0.5, 0.6) is 5.75 Å². The fraction of sp³-hybridized carbons (Fsp3) is 0.400. The lowest BCUT2D eigenvalue weighted by molar-refractivity contribution is 0.0682. The van der Waals surface area contributed by atoms with Crippen molar-refractivity contribution >= 4 is 17.4 Å². The summed E-state index contributed by atoms with van der Waals surface area (Å²) < 4.78 is 13.1. The number of para-hydroxylation sites is 2. The minimum atomic E-state index is -0.319. The number of anilines is 1. The zero-order valence-corrected chi connectivity index (χ0v) is 16.0. The highest BCUT2D eigenvalue weighted by Crippen LogP contribution is 2.26. The summed E-state index contributed by atoms with van der Waals surface area (Å²) in [6.45, 7) is 5.31. The van der Waals surface area contributed by atoms with Gasteiger partial charge in [-0.15, -0.1) is 0 Å². The smallest absolute Gasteiger partial charge is 0.274 e. The Bertz CT molecular complexity index is 979. The van der Waals surface area contributed by atoms with E-state index in [1.807, 2.05) is 38.1 Å². The molecule has 1 aliphatic heterocycles. The van der Waals surface area contributed by atoms with Crippen LogP contribution in [0.2, 0.25) is 0 Å². The zero-order valence-electron chi connectivity index (χ0n) is 16.0. The average Bonchev–Trinajstić information content (AvgIpc) is 3.38. The maximum atomic E-state index is 12.9. The van der Waals surface area contributed by atoms with Crippen molar-refractivity contribution in [2.24, 2.45) is 0 Å². The topological polar surface area (TPSA) is 90.6 Å². The number of nitrogens with one attached hydrogen (secondary N) is 1. The maximum Gasteiger partial charge on any atom is 0.274 e. The summed E-state index contributed by atoms with van der Waals surface area (Å²) in [5, 5.41) is 7.08. The van der Waals surface area contributed by atoms with Gasteiger partial charge in [-0.25, -0.2) is 9.50 Å². The number of rotatable bonds is 6. The maximum absolute atomic E-state index is 12.9. The zero-order chi connectivity index (χ0) is 19.5. The molecule has 1 unspecified atom stereocenters. The Morgan fingerprint density at radius 1 is 1.39 bits per heavy atom. The fourth-order valence-corrected chi connectivity index (χ4v) is 3.20. The third-order valence-electron chi connectivity index (χ3n) is 4.69. The molecule has 1 fully saturated rings. The van der Waals surface area contributed by atoms with Crippen LogP contribution in [0.25, 0.3) is 5.78 Å². The second-order valence-corrected chi connectivity index (χ2v) is 7.09. The van der Waals surface area contributed by atoms with Crippen molar-refractivity contribution in [1.82, 2.24) is 19.6 Å². The summed E-state index contributed by atoms with van der Waals surface area (Å²) in [7, 11) is 0. The Labute approximate surface area is 162 Å². The van der Waals surface area contributed by atoms with Crippen LogP contribution >= 0.6 is 0 Å². The standard InChI is InChI=1S/C20H23N5O3/c1-13(2)17-10-16(24-20-21-12-22-25(17)20)19(26)23-15-7-3-4-8-18(15)28-11-14-6-5-9-27-14/h3-4,7-8,10,12-14H,5-6,9,11H2,1-2H3,(H,23,26). The van der Waals surface area contributed by atoms with E-state index in [9.17, 15) is 4.79 Å². The van der Waals surface area contributed by atoms with Gasteiger partial charge in [-0.05, 0) is 37.0 Å². The lowest BCUT2D eigenvalue weighted by atomic mass is 10.1. The predicted molar refractivity (Wildman–Crippen MR) is 104 cm³/mol. The first kappa shape index (κ1) is 18.4. The number of hydrogen-bond donors (Lipinski definition) is 1. The summed E-state index contributed by atoms with van der Waals surface area (Å²) >= 11 is 0. The molecule has 0 saturated carbocycles. The largest absolute Gasteiger partial charge is 0.489 e. The molecule has 1 aromatic carbocycles. The lowest BCUT2D eigenvalue weighted by Gasteiger charge is -2.15. The molecule has 3 heterocycles. The second kappa shape index (κ2) is 7.93. The summed E-state index contributed by atoms with van der Waals surface area (Å²) in [5.74, 6) is 0.861. The fourth-order valence-electron chi connectivity index (χ4n) is 3.20. The van der Waals surface area contributed by atoms with Crippen molar-refractivity contribution in [2.45, 2.75) is 38.7 Å². The second-order valence-electron chi connectivity index (χ2n) is 7.09. The van der Waals surface area contributed by atoms with Crippen LogP contribution in [0.15, 0.2) is 36.7 Å². The van der Waals surface area contributed by atoms with Crippen LogP contribution in [0, 0.1) is 0 Å². The summed E-state index contributed by atoms with van der Waals surface area (Å²) in [6.07, 6.45) is 3.59. The van der Waals surface area contributed by atoms with Crippen LogP contribution < -0.4 is 10.1 Å². The van der Waals surface area contributed by atoms with Crippen molar-refractivity contribution in [2.75, 3.05) is 18.5 Å². The molecule has 4 rings (SSSR count). The normalized spacial score (nSPS) is 16.6. The van der Waals surface area contributed by atoms with Gasteiger partial charge in [0, 0.05) is 6.61 Å². The first-order valence-electron chi connectivity index (χ1n) is 9.47. The molecule has 1 aliphatic rings. The van der Waals surface area contributed by atoms with Gasteiger partial charge in [0.25, 0.3) is 11.7 Å². The number of nitrogens with zero attached hydrogens (tertiary/aromatic N) is 4. The number of carbonyl (C=O) groups is 1. The van der Waals surface area contributed by atoms with Crippen LogP contribution in [0.4, 0.5) is 5.69 Å². The summed E-state index contributed by atoms with van der Waals surface area (Å²) in [5.41, 5.74) is 1.76. The highest BCUT2D eigenvalue weighted by atomic mass is 16.5. The molecule has 8 heteroatoms. The highest BCUT2D eigenvalue weighted by Gasteiger charge is 2.19. The summed E-state index contributed by atoms with van der Waals surface area (Å²) in [6, 6.07) is 9.11. The number of fused-ring (bicyclic) bond motifs is 1. The predicted octanol–water partition coefficient (Wildman–Crippen LogP) is 3.06. The van der Waals surface area contributed by atoms with Gasteiger partial charge in [-0.3, -0.25) is 4.79 Å². The number of benzene rings is 1. The molecule has 146 valence electrons. The van der Waals surface area contributed by atoms with E-state index in [0.29, 0.717) is 23.8 Å². The molecule has 1 atom stereocenters. The Hall–Kier alpha value is -3.00. The molecule has 3 aromatic rings. The number of aromatic nitrogens is 4. The van der Waals surface area contributed by atoms with E-state index in [1.165, 1.54) is 6.33 Å². The summed E-state index contributed by atoms with van der Waals surface area (Å²) in [4.78, 5) is 21.3. The van der Waals surface area contributed by atoms with Gasteiger partial charge in [0.15, 0.2) is 0 Å². The molecule has 28 heavy (non-hydrogen) atoms. The molecule has 0 radical (unpaired) electrons. The van der Waals surface area contributed by atoms with E-state index in [4.69, 9.17) is 9.47 Å². The van der Waals surface area contributed by atoms with Gasteiger partial charge in [-0.2, -0.15) is 10.1 Å². The quantitative estimate of drug-likeness (QED) is 0.706. The van der Waals surface area contributed by atoms with Crippen LogP contribution in [-0.2, 0) is 4.74 Å². The number of amides is 1. The molecular weight excluding hydrogens is 358 g/mol. The highest BCUT2D eigenvalue weighted by molar-refractivity contribution is 6.04. The SMILES string of the molecule is CC(C)c1cc(C(=O)Nc2ccccc2OCC2CCCO2)nc2ncnn12. The van der Waals surface area contributed by atoms with Crippen molar-refractivity contribution in [3.8, 4) is 5.75 Å². The van der Waals surface area contributed by atoms with Crippen molar-refractivity contribution in [1.29, 1.82) is 0 Å². The number of carbonyl (C=O) groups excluding carboxylic acids is 1. The molecule has 1 N–H and O–H groups in total. The van der Waals surface area contributed by atoms with Gasteiger partial charge >= 0.3 is 0 Å².